The molecular formula is C15H24N4. The number of nitrogens with zero attached hydrogens (tertiary/aromatic N) is 2. The molecule has 0 saturated carbocycles. The van der Waals surface area contributed by atoms with Crippen molar-refractivity contribution in [1.29, 1.82) is 5.41 Å². The maximum atomic E-state index is 7.81. The van der Waals surface area contributed by atoms with E-state index in [0.717, 1.165) is 41.6 Å². The number of anilines is 1. The van der Waals surface area contributed by atoms with E-state index in [-0.39, 0.29) is 5.84 Å². The molecule has 1 aromatic heterocycles. The summed E-state index contributed by atoms with van der Waals surface area (Å²) in [6, 6.07) is 2.07. The quantitative estimate of drug-likeness (QED) is 0.634. The zero-order valence-corrected chi connectivity index (χ0v) is 12.2. The molecule has 0 spiro atoms. The molecule has 1 fully saturated rings. The van der Waals surface area contributed by atoms with Crippen LogP contribution in [0.5, 0.6) is 0 Å². The third-order valence-electron chi connectivity index (χ3n) is 3.93. The zero-order valence-electron chi connectivity index (χ0n) is 12.2. The van der Waals surface area contributed by atoms with Gasteiger partial charge in [-0.2, -0.15) is 0 Å². The molecule has 1 saturated heterocycles. The van der Waals surface area contributed by atoms with Crippen molar-refractivity contribution in [2.45, 2.75) is 40.0 Å². The summed E-state index contributed by atoms with van der Waals surface area (Å²) in [6.45, 7) is 8.35. The summed E-state index contributed by atoms with van der Waals surface area (Å²) in [5.74, 6) is 0.909. The highest BCUT2D eigenvalue weighted by molar-refractivity contribution is 6.01. The van der Waals surface area contributed by atoms with Gasteiger partial charge in [0, 0.05) is 18.8 Å². The Kier molecular flexibility index (Phi) is 4.08. The SMILES string of the molecule is Cc1cc(N2CCCC(C)CC2)c(C(=N)N)c(C)n1. The molecule has 0 amide bonds. The van der Waals surface area contributed by atoms with Crippen LogP contribution < -0.4 is 10.6 Å². The van der Waals surface area contributed by atoms with Gasteiger partial charge < -0.3 is 10.6 Å². The van der Waals surface area contributed by atoms with Gasteiger partial charge in [0.1, 0.15) is 5.84 Å². The van der Waals surface area contributed by atoms with Gasteiger partial charge in [0.2, 0.25) is 0 Å². The monoisotopic (exact) mass is 260 g/mol. The van der Waals surface area contributed by atoms with E-state index in [9.17, 15) is 0 Å². The van der Waals surface area contributed by atoms with Crippen molar-refractivity contribution in [3.8, 4) is 0 Å². The van der Waals surface area contributed by atoms with Crippen molar-refractivity contribution in [1.82, 2.24) is 4.98 Å². The summed E-state index contributed by atoms with van der Waals surface area (Å²) in [5.41, 5.74) is 9.51. The lowest BCUT2D eigenvalue weighted by atomic mass is 10.0. The summed E-state index contributed by atoms with van der Waals surface area (Å²) in [4.78, 5) is 6.82. The molecule has 104 valence electrons. The molecule has 1 aliphatic heterocycles. The molecule has 2 heterocycles. The summed E-state index contributed by atoms with van der Waals surface area (Å²) in [6.07, 6.45) is 3.70. The Hall–Kier alpha value is -1.58. The van der Waals surface area contributed by atoms with Crippen molar-refractivity contribution < 1.29 is 0 Å². The number of nitrogens with one attached hydrogen (secondary N) is 1. The third kappa shape index (κ3) is 3.06. The molecule has 0 aromatic carbocycles. The van der Waals surface area contributed by atoms with E-state index >= 15 is 0 Å². The van der Waals surface area contributed by atoms with Gasteiger partial charge in [-0.05, 0) is 45.1 Å². The highest BCUT2D eigenvalue weighted by Crippen LogP contribution is 2.27. The molecule has 0 radical (unpaired) electrons. The molecule has 1 unspecified atom stereocenters. The third-order valence-corrected chi connectivity index (χ3v) is 3.93. The maximum Gasteiger partial charge on any atom is 0.126 e. The lowest BCUT2D eigenvalue weighted by Crippen LogP contribution is -2.28. The minimum atomic E-state index is 0.122. The first-order valence-corrected chi connectivity index (χ1v) is 7.06. The minimum Gasteiger partial charge on any atom is -0.384 e. The van der Waals surface area contributed by atoms with Gasteiger partial charge in [-0.3, -0.25) is 10.4 Å². The summed E-state index contributed by atoms with van der Waals surface area (Å²) in [7, 11) is 0. The Balaban J connectivity index is 2.39. The topological polar surface area (TPSA) is 66.0 Å². The smallest absolute Gasteiger partial charge is 0.126 e. The van der Waals surface area contributed by atoms with Crippen LogP contribution in [0.1, 0.15) is 43.1 Å². The van der Waals surface area contributed by atoms with Crippen LogP contribution in [0.15, 0.2) is 6.07 Å². The van der Waals surface area contributed by atoms with Crippen LogP contribution in [0.2, 0.25) is 0 Å². The molecule has 0 aliphatic carbocycles. The van der Waals surface area contributed by atoms with Crippen LogP contribution in [0.3, 0.4) is 0 Å². The van der Waals surface area contributed by atoms with Gasteiger partial charge in [0.25, 0.3) is 0 Å². The fraction of sp³-hybridized carbons (Fsp3) is 0.600. The summed E-state index contributed by atoms with van der Waals surface area (Å²) in [5, 5.41) is 7.81. The first-order valence-electron chi connectivity index (χ1n) is 7.06. The largest absolute Gasteiger partial charge is 0.384 e. The van der Waals surface area contributed by atoms with E-state index in [1.54, 1.807) is 0 Å². The molecule has 0 bridgehead atoms. The molecule has 1 aliphatic rings. The average Bonchev–Trinajstić information content (AvgIpc) is 2.52. The van der Waals surface area contributed by atoms with E-state index in [0.29, 0.717) is 0 Å². The fourth-order valence-electron chi connectivity index (χ4n) is 2.89. The lowest BCUT2D eigenvalue weighted by molar-refractivity contribution is 0.521. The predicted octanol–water partition coefficient (Wildman–Crippen LogP) is 2.61. The van der Waals surface area contributed by atoms with Gasteiger partial charge in [0.05, 0.1) is 16.9 Å². The maximum absolute atomic E-state index is 7.81. The van der Waals surface area contributed by atoms with Crippen molar-refractivity contribution >= 4 is 11.5 Å². The molecule has 4 nitrogen and oxygen atoms in total. The van der Waals surface area contributed by atoms with Crippen LogP contribution in [-0.4, -0.2) is 23.9 Å². The predicted molar refractivity (Wildman–Crippen MR) is 80.0 cm³/mol. The van der Waals surface area contributed by atoms with Crippen molar-refractivity contribution in [2.75, 3.05) is 18.0 Å². The Morgan fingerprint density at radius 1 is 1.37 bits per heavy atom. The van der Waals surface area contributed by atoms with Gasteiger partial charge >= 0.3 is 0 Å². The zero-order chi connectivity index (χ0) is 14.0. The number of amidine groups is 1. The van der Waals surface area contributed by atoms with Crippen LogP contribution >= 0.6 is 0 Å². The first kappa shape index (κ1) is 13.8. The molecule has 4 heteroatoms. The van der Waals surface area contributed by atoms with E-state index in [1.807, 2.05) is 13.8 Å². The second-order valence-electron chi connectivity index (χ2n) is 5.68. The molecule has 19 heavy (non-hydrogen) atoms. The lowest BCUT2D eigenvalue weighted by Gasteiger charge is -2.26. The molecule has 2 rings (SSSR count). The first-order chi connectivity index (χ1) is 8.99. The molecule has 1 aromatic rings. The van der Waals surface area contributed by atoms with Gasteiger partial charge in [-0.15, -0.1) is 0 Å². The summed E-state index contributed by atoms with van der Waals surface area (Å²) < 4.78 is 0. The number of nitrogens with two attached hydrogens (primary N) is 1. The van der Waals surface area contributed by atoms with Crippen molar-refractivity contribution in [2.24, 2.45) is 11.7 Å². The van der Waals surface area contributed by atoms with Crippen molar-refractivity contribution in [3.05, 3.63) is 23.0 Å². The van der Waals surface area contributed by atoms with Crippen LogP contribution in [-0.2, 0) is 0 Å². The standard InChI is InChI=1S/C15H24N4/c1-10-5-4-7-19(8-6-10)13-9-11(2)18-12(3)14(13)15(16)17/h9-10H,4-8H2,1-3H3,(H3,16,17). The van der Waals surface area contributed by atoms with E-state index in [1.165, 1.54) is 19.3 Å². The van der Waals surface area contributed by atoms with Gasteiger partial charge in [-0.1, -0.05) is 6.92 Å². The van der Waals surface area contributed by atoms with E-state index in [4.69, 9.17) is 11.1 Å². The van der Waals surface area contributed by atoms with Crippen molar-refractivity contribution in [3.63, 3.8) is 0 Å². The summed E-state index contributed by atoms with van der Waals surface area (Å²) >= 11 is 0. The Morgan fingerprint density at radius 2 is 2.11 bits per heavy atom. The second kappa shape index (κ2) is 5.59. The van der Waals surface area contributed by atoms with Gasteiger partial charge in [-0.25, -0.2) is 0 Å². The van der Waals surface area contributed by atoms with Crippen LogP contribution in [0.25, 0.3) is 0 Å². The van der Waals surface area contributed by atoms with E-state index < -0.39 is 0 Å². The number of aromatic nitrogens is 1. The highest BCUT2D eigenvalue weighted by atomic mass is 15.1. The second-order valence-corrected chi connectivity index (χ2v) is 5.68. The number of hydrogen-bond donors (Lipinski definition) is 2. The van der Waals surface area contributed by atoms with Crippen LogP contribution in [0, 0.1) is 25.2 Å². The minimum absolute atomic E-state index is 0.122. The van der Waals surface area contributed by atoms with Crippen LogP contribution in [0.4, 0.5) is 5.69 Å². The number of nitrogen functional groups attached to an aromatic ring is 1. The number of aryl methyl sites for hydroxylation is 2. The molecule has 1 atom stereocenters. The average molecular weight is 260 g/mol. The number of rotatable bonds is 2. The molecular weight excluding hydrogens is 236 g/mol. The fourth-order valence-corrected chi connectivity index (χ4v) is 2.89. The van der Waals surface area contributed by atoms with Gasteiger partial charge in [0.15, 0.2) is 0 Å². The van der Waals surface area contributed by atoms with E-state index in [2.05, 4.69) is 22.9 Å². The number of pyridine rings is 1. The molecule has 3 N–H and O–H groups in total. The normalized spacial score (nSPS) is 20.2. The Bertz CT molecular complexity index is 481. The Labute approximate surface area is 115 Å². The highest BCUT2D eigenvalue weighted by Gasteiger charge is 2.19. The Morgan fingerprint density at radius 3 is 2.79 bits per heavy atom. The number of hydrogen-bond acceptors (Lipinski definition) is 3.